The van der Waals surface area contributed by atoms with Gasteiger partial charge in [0, 0.05) is 55.6 Å². The van der Waals surface area contributed by atoms with Crippen molar-refractivity contribution >= 4 is 5.82 Å². The highest BCUT2D eigenvalue weighted by Crippen LogP contribution is 2.29. The lowest BCUT2D eigenvalue weighted by molar-refractivity contribution is 0.249. The molecule has 6 nitrogen and oxygen atoms in total. The van der Waals surface area contributed by atoms with Crippen LogP contribution in [-0.2, 0) is 12.8 Å². The van der Waals surface area contributed by atoms with Crippen molar-refractivity contribution in [2.24, 2.45) is 0 Å². The molecule has 2 aromatic rings. The second kappa shape index (κ2) is 7.68. The molecule has 6 heteroatoms. The smallest absolute Gasteiger partial charge is 0.163 e. The minimum Gasteiger partial charge on any atom is -0.356 e. The Labute approximate surface area is 155 Å². The third-order valence-corrected chi connectivity index (χ3v) is 5.58. The van der Waals surface area contributed by atoms with Crippen molar-refractivity contribution in [3.8, 4) is 11.4 Å². The Balaban J connectivity index is 1.70. The molecule has 0 aromatic carbocycles. The van der Waals surface area contributed by atoms with Crippen LogP contribution in [0.25, 0.3) is 11.4 Å². The fourth-order valence-electron chi connectivity index (χ4n) is 4.00. The van der Waals surface area contributed by atoms with Gasteiger partial charge in [0.15, 0.2) is 5.82 Å². The highest BCUT2D eigenvalue weighted by atomic mass is 15.2. The monoisotopic (exact) mass is 352 g/mol. The lowest BCUT2D eigenvalue weighted by Crippen LogP contribution is -2.42. The number of pyridine rings is 1. The van der Waals surface area contributed by atoms with Crippen molar-refractivity contribution in [3.05, 3.63) is 35.8 Å². The number of fused-ring (bicyclic) bond motifs is 1. The maximum atomic E-state index is 5.02. The summed E-state index contributed by atoms with van der Waals surface area (Å²) in [4.78, 5) is 19.0. The van der Waals surface area contributed by atoms with Crippen LogP contribution in [0.15, 0.2) is 24.5 Å². The molecule has 0 aliphatic carbocycles. The Kier molecular flexibility index (Phi) is 5.13. The first-order valence-electron chi connectivity index (χ1n) is 9.64. The van der Waals surface area contributed by atoms with Crippen LogP contribution >= 0.6 is 0 Å². The molecule has 1 N–H and O–H groups in total. The minimum absolute atomic E-state index is 0.672. The second-order valence-corrected chi connectivity index (χ2v) is 7.47. The molecule has 0 atom stereocenters. The van der Waals surface area contributed by atoms with Gasteiger partial charge in [-0.25, -0.2) is 9.97 Å². The number of anilines is 1. The summed E-state index contributed by atoms with van der Waals surface area (Å²) in [7, 11) is 4.37. The van der Waals surface area contributed by atoms with Crippen molar-refractivity contribution in [1.29, 1.82) is 0 Å². The summed E-state index contributed by atoms with van der Waals surface area (Å²) < 4.78 is 0. The fraction of sp³-hybridized carbons (Fsp3) is 0.550. The second-order valence-electron chi connectivity index (χ2n) is 7.47. The minimum atomic E-state index is 0.672. The van der Waals surface area contributed by atoms with Gasteiger partial charge in [0.1, 0.15) is 5.82 Å². The van der Waals surface area contributed by atoms with E-state index in [0.29, 0.717) is 6.04 Å². The van der Waals surface area contributed by atoms with E-state index >= 15 is 0 Å². The average molecular weight is 352 g/mol. The van der Waals surface area contributed by atoms with Crippen molar-refractivity contribution in [3.63, 3.8) is 0 Å². The zero-order valence-corrected chi connectivity index (χ0v) is 15.8. The number of piperidine rings is 1. The molecule has 1 saturated heterocycles. The Morgan fingerprint density at radius 3 is 2.65 bits per heavy atom. The van der Waals surface area contributed by atoms with E-state index < -0.39 is 0 Å². The molecule has 1 fully saturated rings. The summed E-state index contributed by atoms with van der Waals surface area (Å²) in [5.74, 6) is 1.96. The zero-order valence-electron chi connectivity index (χ0n) is 15.8. The standard InChI is InChI=1S/C20H28N6/c1-25(2)16-7-12-26(13-8-16)20-17-5-10-21-11-6-18(17)23-19(24-20)15-4-3-9-22-14-15/h3-4,9,14,16,21H,5-8,10-13H2,1-2H3. The number of hydrogen-bond donors (Lipinski definition) is 1. The van der Waals surface area contributed by atoms with Gasteiger partial charge in [-0.05, 0) is 52.0 Å². The number of rotatable bonds is 3. The maximum Gasteiger partial charge on any atom is 0.163 e. The SMILES string of the molecule is CN(C)C1CCN(c2nc(-c3cccnc3)nc3c2CCNCC3)CC1. The summed E-state index contributed by atoms with van der Waals surface area (Å²) in [5, 5.41) is 3.50. The molecule has 0 radical (unpaired) electrons. The molecule has 4 heterocycles. The van der Waals surface area contributed by atoms with E-state index in [4.69, 9.17) is 9.97 Å². The Morgan fingerprint density at radius 1 is 1.12 bits per heavy atom. The number of nitrogens with zero attached hydrogens (tertiary/aromatic N) is 5. The van der Waals surface area contributed by atoms with Crippen LogP contribution in [0.2, 0.25) is 0 Å². The summed E-state index contributed by atoms with van der Waals surface area (Å²) >= 11 is 0. The predicted molar refractivity (Wildman–Crippen MR) is 104 cm³/mol. The van der Waals surface area contributed by atoms with Gasteiger partial charge >= 0.3 is 0 Å². The molecular weight excluding hydrogens is 324 g/mol. The van der Waals surface area contributed by atoms with Crippen LogP contribution in [0.3, 0.4) is 0 Å². The molecule has 2 aliphatic heterocycles. The van der Waals surface area contributed by atoms with Gasteiger partial charge in [0.05, 0.1) is 5.69 Å². The van der Waals surface area contributed by atoms with E-state index in [-0.39, 0.29) is 0 Å². The largest absolute Gasteiger partial charge is 0.356 e. The lowest BCUT2D eigenvalue weighted by atomic mass is 10.0. The summed E-state index contributed by atoms with van der Waals surface area (Å²) in [6, 6.07) is 4.67. The van der Waals surface area contributed by atoms with Crippen LogP contribution < -0.4 is 10.2 Å². The van der Waals surface area contributed by atoms with E-state index in [0.717, 1.165) is 56.2 Å². The Bertz CT molecular complexity index is 737. The van der Waals surface area contributed by atoms with E-state index in [9.17, 15) is 0 Å². The first-order chi connectivity index (χ1) is 12.7. The van der Waals surface area contributed by atoms with Gasteiger partial charge in [-0.3, -0.25) is 4.98 Å². The summed E-state index contributed by atoms with van der Waals surface area (Å²) in [5.41, 5.74) is 3.54. The van der Waals surface area contributed by atoms with Gasteiger partial charge in [-0.15, -0.1) is 0 Å². The topological polar surface area (TPSA) is 57.2 Å². The lowest BCUT2D eigenvalue weighted by Gasteiger charge is -2.37. The van der Waals surface area contributed by atoms with Crippen molar-refractivity contribution in [1.82, 2.24) is 25.2 Å². The molecule has 0 spiro atoms. The molecule has 0 amide bonds. The van der Waals surface area contributed by atoms with Crippen molar-refractivity contribution < 1.29 is 0 Å². The van der Waals surface area contributed by atoms with Crippen LogP contribution in [0.5, 0.6) is 0 Å². The average Bonchev–Trinajstić information content (AvgIpc) is 2.93. The molecule has 0 bridgehead atoms. The molecule has 2 aliphatic rings. The van der Waals surface area contributed by atoms with Gasteiger partial charge in [0.25, 0.3) is 0 Å². The summed E-state index contributed by atoms with van der Waals surface area (Å²) in [6.45, 7) is 4.11. The van der Waals surface area contributed by atoms with E-state index in [1.165, 1.54) is 24.1 Å². The first kappa shape index (κ1) is 17.4. The Morgan fingerprint density at radius 2 is 1.92 bits per heavy atom. The van der Waals surface area contributed by atoms with E-state index in [1.54, 1.807) is 6.20 Å². The highest BCUT2D eigenvalue weighted by Gasteiger charge is 2.26. The van der Waals surface area contributed by atoms with Gasteiger partial charge in [0.2, 0.25) is 0 Å². The van der Waals surface area contributed by atoms with Gasteiger partial charge in [-0.2, -0.15) is 0 Å². The Hall–Kier alpha value is -2.05. The van der Waals surface area contributed by atoms with Gasteiger partial charge < -0.3 is 15.1 Å². The quantitative estimate of drug-likeness (QED) is 0.908. The fourth-order valence-corrected chi connectivity index (χ4v) is 4.00. The molecular formula is C20H28N6. The van der Waals surface area contributed by atoms with Crippen LogP contribution in [0.4, 0.5) is 5.82 Å². The number of aromatic nitrogens is 3. The third-order valence-electron chi connectivity index (χ3n) is 5.58. The third kappa shape index (κ3) is 3.57. The summed E-state index contributed by atoms with van der Waals surface area (Å²) in [6.07, 6.45) is 8.00. The number of nitrogens with one attached hydrogen (secondary N) is 1. The van der Waals surface area contributed by atoms with E-state index in [1.807, 2.05) is 18.3 Å². The van der Waals surface area contributed by atoms with Crippen molar-refractivity contribution in [2.75, 3.05) is 45.2 Å². The van der Waals surface area contributed by atoms with E-state index in [2.05, 4.69) is 34.2 Å². The molecule has 2 aromatic heterocycles. The molecule has 4 rings (SSSR count). The maximum absolute atomic E-state index is 5.02. The van der Waals surface area contributed by atoms with Crippen LogP contribution in [0.1, 0.15) is 24.1 Å². The highest BCUT2D eigenvalue weighted by molar-refractivity contribution is 5.60. The van der Waals surface area contributed by atoms with Crippen molar-refractivity contribution in [2.45, 2.75) is 31.7 Å². The zero-order chi connectivity index (χ0) is 17.9. The molecule has 138 valence electrons. The number of hydrogen-bond acceptors (Lipinski definition) is 6. The normalized spacial score (nSPS) is 18.7. The predicted octanol–water partition coefficient (Wildman–Crippen LogP) is 1.76. The molecule has 0 saturated carbocycles. The van der Waals surface area contributed by atoms with Gasteiger partial charge in [-0.1, -0.05) is 0 Å². The molecule has 0 unspecified atom stereocenters. The van der Waals surface area contributed by atoms with Crippen LogP contribution in [-0.4, -0.2) is 66.2 Å². The van der Waals surface area contributed by atoms with Crippen LogP contribution in [0, 0.1) is 0 Å². The first-order valence-corrected chi connectivity index (χ1v) is 9.64. The molecule has 26 heavy (non-hydrogen) atoms.